The number of aromatic nitrogens is 4. The van der Waals surface area contributed by atoms with Gasteiger partial charge in [0, 0.05) is 25.5 Å². The van der Waals surface area contributed by atoms with E-state index in [1.807, 2.05) is 18.4 Å². The number of nitro groups is 1. The summed E-state index contributed by atoms with van der Waals surface area (Å²) in [6, 6.07) is 0. The average molecular weight is 276 g/mol. The lowest BCUT2D eigenvalue weighted by Crippen LogP contribution is -2.07. The standard InChI is InChI=1S/C12H16N6O2/c1-3-6-17-7-5-14-11(17)10-9(18(19)20)8-15-12(16-10)13-4-2/h5,7-8H,3-4,6H2,1-2H3,(H,13,15,16). The van der Waals surface area contributed by atoms with Gasteiger partial charge < -0.3 is 9.88 Å². The zero-order valence-electron chi connectivity index (χ0n) is 11.4. The van der Waals surface area contributed by atoms with Crippen LogP contribution in [0.4, 0.5) is 11.6 Å². The maximum atomic E-state index is 11.1. The molecule has 0 amide bonds. The molecule has 20 heavy (non-hydrogen) atoms. The highest BCUT2D eigenvalue weighted by molar-refractivity contribution is 5.64. The molecule has 0 aliphatic carbocycles. The first kappa shape index (κ1) is 13.9. The van der Waals surface area contributed by atoms with Gasteiger partial charge in [-0.2, -0.15) is 0 Å². The minimum absolute atomic E-state index is 0.143. The van der Waals surface area contributed by atoms with E-state index in [0.717, 1.165) is 13.0 Å². The summed E-state index contributed by atoms with van der Waals surface area (Å²) in [6.07, 6.45) is 5.52. The predicted octanol–water partition coefficient (Wildman–Crippen LogP) is 2.09. The van der Waals surface area contributed by atoms with Crippen molar-refractivity contribution in [3.8, 4) is 11.5 Å². The van der Waals surface area contributed by atoms with Crippen LogP contribution in [0.5, 0.6) is 0 Å². The third kappa shape index (κ3) is 2.73. The Kier molecular flexibility index (Phi) is 4.24. The molecule has 0 aliphatic rings. The summed E-state index contributed by atoms with van der Waals surface area (Å²) in [6.45, 7) is 5.30. The lowest BCUT2D eigenvalue weighted by atomic mass is 10.3. The molecule has 0 unspecified atom stereocenters. The number of anilines is 1. The Morgan fingerprint density at radius 1 is 1.40 bits per heavy atom. The van der Waals surface area contributed by atoms with Crippen LogP contribution in [-0.2, 0) is 6.54 Å². The number of hydrogen-bond acceptors (Lipinski definition) is 6. The fraction of sp³-hybridized carbons (Fsp3) is 0.417. The molecular weight excluding hydrogens is 260 g/mol. The first-order valence-electron chi connectivity index (χ1n) is 6.44. The molecule has 0 bridgehead atoms. The summed E-state index contributed by atoms with van der Waals surface area (Å²) in [5.74, 6) is 0.847. The molecule has 0 spiro atoms. The monoisotopic (exact) mass is 276 g/mol. The molecule has 8 heteroatoms. The van der Waals surface area contributed by atoms with E-state index < -0.39 is 4.92 Å². The third-order valence-electron chi connectivity index (χ3n) is 2.69. The van der Waals surface area contributed by atoms with Crippen molar-refractivity contribution in [2.24, 2.45) is 0 Å². The number of rotatable bonds is 6. The largest absolute Gasteiger partial charge is 0.354 e. The van der Waals surface area contributed by atoms with Crippen LogP contribution < -0.4 is 5.32 Å². The Bertz CT molecular complexity index is 610. The summed E-state index contributed by atoms with van der Waals surface area (Å²) in [5.41, 5.74) is 0.0922. The van der Waals surface area contributed by atoms with Crippen LogP contribution in [0.2, 0.25) is 0 Å². The Morgan fingerprint density at radius 2 is 2.20 bits per heavy atom. The molecule has 2 heterocycles. The van der Waals surface area contributed by atoms with Gasteiger partial charge in [-0.15, -0.1) is 0 Å². The van der Waals surface area contributed by atoms with Crippen LogP contribution in [0.15, 0.2) is 18.6 Å². The van der Waals surface area contributed by atoms with E-state index >= 15 is 0 Å². The number of imidazole rings is 1. The summed E-state index contributed by atoms with van der Waals surface area (Å²) in [5, 5.41) is 14.1. The van der Waals surface area contributed by atoms with Crippen molar-refractivity contribution in [2.75, 3.05) is 11.9 Å². The quantitative estimate of drug-likeness (QED) is 0.640. The Hall–Kier alpha value is -2.51. The molecule has 0 saturated carbocycles. The second kappa shape index (κ2) is 6.09. The van der Waals surface area contributed by atoms with Gasteiger partial charge in [-0.05, 0) is 13.3 Å². The van der Waals surface area contributed by atoms with Crippen molar-refractivity contribution < 1.29 is 4.92 Å². The van der Waals surface area contributed by atoms with Crippen LogP contribution in [0.3, 0.4) is 0 Å². The molecule has 0 aliphatic heterocycles. The van der Waals surface area contributed by atoms with Gasteiger partial charge in [0.25, 0.3) is 0 Å². The smallest absolute Gasteiger partial charge is 0.317 e. The second-order valence-electron chi connectivity index (χ2n) is 4.16. The van der Waals surface area contributed by atoms with Crippen molar-refractivity contribution in [2.45, 2.75) is 26.8 Å². The first-order chi connectivity index (χ1) is 9.67. The fourth-order valence-corrected chi connectivity index (χ4v) is 1.86. The Labute approximate surface area is 116 Å². The molecule has 106 valence electrons. The summed E-state index contributed by atoms with van der Waals surface area (Å²) in [7, 11) is 0. The van der Waals surface area contributed by atoms with E-state index in [1.54, 1.807) is 12.4 Å². The summed E-state index contributed by atoms with van der Waals surface area (Å²) in [4.78, 5) is 23.0. The topological polar surface area (TPSA) is 98.8 Å². The van der Waals surface area contributed by atoms with Crippen molar-refractivity contribution >= 4 is 11.6 Å². The van der Waals surface area contributed by atoms with E-state index in [9.17, 15) is 10.1 Å². The van der Waals surface area contributed by atoms with Gasteiger partial charge in [0.1, 0.15) is 6.20 Å². The van der Waals surface area contributed by atoms with Gasteiger partial charge in [-0.3, -0.25) is 10.1 Å². The highest BCUT2D eigenvalue weighted by atomic mass is 16.6. The third-order valence-corrected chi connectivity index (χ3v) is 2.69. The minimum atomic E-state index is -0.490. The average Bonchev–Trinajstić information content (AvgIpc) is 2.87. The maximum absolute atomic E-state index is 11.1. The maximum Gasteiger partial charge on any atom is 0.317 e. The molecular formula is C12H16N6O2. The van der Waals surface area contributed by atoms with E-state index in [1.165, 1.54) is 6.20 Å². The highest BCUT2D eigenvalue weighted by Gasteiger charge is 2.22. The molecule has 8 nitrogen and oxygen atoms in total. The molecule has 2 rings (SSSR count). The number of hydrogen-bond donors (Lipinski definition) is 1. The van der Waals surface area contributed by atoms with E-state index in [0.29, 0.717) is 18.3 Å². The van der Waals surface area contributed by atoms with Crippen molar-refractivity contribution in [1.82, 2.24) is 19.5 Å². The molecule has 0 aromatic carbocycles. The molecule has 0 radical (unpaired) electrons. The molecule has 0 saturated heterocycles. The van der Waals surface area contributed by atoms with E-state index in [2.05, 4.69) is 20.3 Å². The zero-order valence-corrected chi connectivity index (χ0v) is 11.4. The number of aryl methyl sites for hydroxylation is 1. The Balaban J connectivity index is 2.53. The van der Waals surface area contributed by atoms with Gasteiger partial charge in [0.2, 0.25) is 5.95 Å². The van der Waals surface area contributed by atoms with Crippen LogP contribution in [0, 0.1) is 10.1 Å². The summed E-state index contributed by atoms with van der Waals surface area (Å²) >= 11 is 0. The van der Waals surface area contributed by atoms with E-state index in [4.69, 9.17) is 0 Å². The van der Waals surface area contributed by atoms with Crippen LogP contribution in [0.1, 0.15) is 20.3 Å². The van der Waals surface area contributed by atoms with Gasteiger partial charge >= 0.3 is 5.69 Å². The fourth-order valence-electron chi connectivity index (χ4n) is 1.86. The Morgan fingerprint density at radius 3 is 2.85 bits per heavy atom. The second-order valence-corrected chi connectivity index (χ2v) is 4.16. The molecule has 0 atom stereocenters. The van der Waals surface area contributed by atoms with Gasteiger partial charge in [-0.25, -0.2) is 15.0 Å². The van der Waals surface area contributed by atoms with Crippen LogP contribution >= 0.6 is 0 Å². The highest BCUT2D eigenvalue weighted by Crippen LogP contribution is 2.27. The lowest BCUT2D eigenvalue weighted by molar-refractivity contribution is -0.384. The van der Waals surface area contributed by atoms with Crippen LogP contribution in [-0.4, -0.2) is 31.0 Å². The van der Waals surface area contributed by atoms with E-state index in [-0.39, 0.29) is 11.4 Å². The van der Waals surface area contributed by atoms with Gasteiger partial charge in [0.15, 0.2) is 11.5 Å². The summed E-state index contributed by atoms with van der Waals surface area (Å²) < 4.78 is 1.85. The van der Waals surface area contributed by atoms with Gasteiger partial charge in [0.05, 0.1) is 4.92 Å². The van der Waals surface area contributed by atoms with Crippen molar-refractivity contribution in [3.05, 3.63) is 28.7 Å². The molecule has 2 aromatic heterocycles. The first-order valence-corrected chi connectivity index (χ1v) is 6.44. The normalized spacial score (nSPS) is 10.5. The minimum Gasteiger partial charge on any atom is -0.354 e. The molecule has 1 N–H and O–H groups in total. The molecule has 0 fully saturated rings. The van der Waals surface area contributed by atoms with Crippen molar-refractivity contribution in [3.63, 3.8) is 0 Å². The van der Waals surface area contributed by atoms with Crippen molar-refractivity contribution in [1.29, 1.82) is 0 Å². The SMILES string of the molecule is CCCn1ccnc1-c1nc(NCC)ncc1[N+](=O)[O-]. The predicted molar refractivity (Wildman–Crippen MR) is 74.4 cm³/mol. The number of nitrogens with zero attached hydrogens (tertiary/aromatic N) is 5. The molecule has 2 aromatic rings. The zero-order chi connectivity index (χ0) is 14.5. The van der Waals surface area contributed by atoms with Gasteiger partial charge in [-0.1, -0.05) is 6.92 Å². The lowest BCUT2D eigenvalue weighted by Gasteiger charge is -2.07. The van der Waals surface area contributed by atoms with Crippen LogP contribution in [0.25, 0.3) is 11.5 Å². The number of nitrogens with one attached hydrogen (secondary N) is 1.